The van der Waals surface area contributed by atoms with E-state index < -0.39 is 0 Å². The molecule has 0 amide bonds. The number of rotatable bonds is 1. The van der Waals surface area contributed by atoms with Crippen LogP contribution >= 0.6 is 0 Å². The number of hydrogen-bond donors (Lipinski definition) is 0. The predicted molar refractivity (Wildman–Crippen MR) is 31.4 cm³/mol. The molecule has 0 aromatic rings. The first-order valence-electron chi connectivity index (χ1n) is 2.70. The fourth-order valence-corrected chi connectivity index (χ4v) is 0.433. The van der Waals surface area contributed by atoms with Crippen LogP contribution in [-0.4, -0.2) is 12.2 Å². The van der Waals surface area contributed by atoms with Crippen LogP contribution in [0.5, 0.6) is 0 Å². The monoisotopic (exact) mass is 108 g/mol. The summed E-state index contributed by atoms with van der Waals surface area (Å²) in [7, 11) is 0. The van der Waals surface area contributed by atoms with Crippen molar-refractivity contribution >= 4 is 0 Å². The van der Waals surface area contributed by atoms with Crippen LogP contribution in [0.2, 0.25) is 0 Å². The highest BCUT2D eigenvalue weighted by Gasteiger charge is 2.06. The zero-order chi connectivity index (χ0) is 5.91. The summed E-state index contributed by atoms with van der Waals surface area (Å²) in [5.41, 5.74) is 0.0503. The minimum absolute atomic E-state index is 0.0503. The Morgan fingerprint density at radius 1 is 1.29 bits per heavy atom. The molecule has 0 radical (unpaired) electrons. The van der Waals surface area contributed by atoms with E-state index in [1.807, 2.05) is 6.92 Å². The van der Waals surface area contributed by atoms with Gasteiger partial charge in [0.1, 0.15) is 0 Å². The highest BCUT2D eigenvalue weighted by Crippen LogP contribution is 2.04. The molecule has 0 aromatic heterocycles. The number of ether oxygens (including phenoxy) is 1. The summed E-state index contributed by atoms with van der Waals surface area (Å²) in [6, 6.07) is 0. The maximum atomic E-state index is 5.23. The SMILES string of the molecule is [13CH3][13CH2]O[13C]([13CH3])([13CH3])[13CH3]. The summed E-state index contributed by atoms with van der Waals surface area (Å²) < 4.78 is 5.23. The molecule has 0 saturated heterocycles. The van der Waals surface area contributed by atoms with Gasteiger partial charge in [-0.05, 0) is 27.7 Å². The van der Waals surface area contributed by atoms with E-state index in [-0.39, 0.29) is 5.60 Å². The van der Waals surface area contributed by atoms with Gasteiger partial charge in [0.2, 0.25) is 0 Å². The second kappa shape index (κ2) is 2.31. The van der Waals surface area contributed by atoms with Gasteiger partial charge < -0.3 is 4.74 Å². The van der Waals surface area contributed by atoms with E-state index in [0.717, 1.165) is 6.61 Å². The Hall–Kier alpha value is -0.0400. The van der Waals surface area contributed by atoms with Gasteiger partial charge in [-0.1, -0.05) is 0 Å². The van der Waals surface area contributed by atoms with Gasteiger partial charge >= 0.3 is 0 Å². The molecule has 0 heterocycles. The predicted octanol–water partition coefficient (Wildman–Crippen LogP) is 1.82. The van der Waals surface area contributed by atoms with Crippen molar-refractivity contribution in [3.8, 4) is 0 Å². The topological polar surface area (TPSA) is 9.23 Å². The van der Waals surface area contributed by atoms with Gasteiger partial charge in [-0.3, -0.25) is 0 Å². The van der Waals surface area contributed by atoms with Gasteiger partial charge in [0.05, 0.1) is 5.60 Å². The van der Waals surface area contributed by atoms with Gasteiger partial charge in [0.25, 0.3) is 0 Å². The van der Waals surface area contributed by atoms with Crippen molar-refractivity contribution in [3.63, 3.8) is 0 Å². The minimum Gasteiger partial charge on any atom is -0.376 e. The fourth-order valence-electron chi connectivity index (χ4n) is 0.433. The van der Waals surface area contributed by atoms with Crippen LogP contribution in [0.25, 0.3) is 0 Å². The van der Waals surface area contributed by atoms with Crippen molar-refractivity contribution in [1.29, 1.82) is 0 Å². The molecule has 0 aliphatic carbocycles. The summed E-state index contributed by atoms with van der Waals surface area (Å²) in [4.78, 5) is 0. The molecule has 0 spiro atoms. The molecular formula is C6H14O. The Balaban J connectivity index is 3.15. The zero-order valence-corrected chi connectivity index (χ0v) is 5.62. The average Bonchev–Trinajstić information content (AvgIpc) is 1.30. The number of hydrogen-bond acceptors (Lipinski definition) is 1. The van der Waals surface area contributed by atoms with Crippen LogP contribution in [0.1, 0.15) is 27.7 Å². The van der Waals surface area contributed by atoms with E-state index in [2.05, 4.69) is 20.8 Å². The van der Waals surface area contributed by atoms with E-state index in [4.69, 9.17) is 4.74 Å². The largest absolute Gasteiger partial charge is 0.376 e. The normalized spacial score (nSPS) is 12.0. The Kier molecular flexibility index (Phi) is 2.30. The van der Waals surface area contributed by atoms with Crippen LogP contribution in [0.4, 0.5) is 0 Å². The highest BCUT2D eigenvalue weighted by molar-refractivity contribution is 4.56. The lowest BCUT2D eigenvalue weighted by molar-refractivity contribution is 0.00532. The quantitative estimate of drug-likeness (QED) is 0.465. The molecule has 1 nitrogen and oxygen atoms in total. The van der Waals surface area contributed by atoms with Gasteiger partial charge in [0, 0.05) is 6.61 Å². The molecule has 0 aliphatic rings. The molecule has 0 rings (SSSR count). The van der Waals surface area contributed by atoms with Crippen LogP contribution in [0, 0.1) is 0 Å². The molecule has 0 fully saturated rings. The maximum absolute atomic E-state index is 5.23. The highest BCUT2D eigenvalue weighted by atomic mass is 16.7. The van der Waals surface area contributed by atoms with Crippen molar-refractivity contribution in [2.45, 2.75) is 33.3 Å². The van der Waals surface area contributed by atoms with E-state index in [9.17, 15) is 0 Å². The molecular weight excluding hydrogens is 94.0 g/mol. The van der Waals surface area contributed by atoms with Gasteiger partial charge in [-0.25, -0.2) is 0 Å². The van der Waals surface area contributed by atoms with Crippen LogP contribution in [0.3, 0.4) is 0 Å². The maximum Gasteiger partial charge on any atom is 0.0598 e. The molecule has 0 saturated carbocycles. The Morgan fingerprint density at radius 2 is 1.71 bits per heavy atom. The fraction of sp³-hybridized carbons (Fsp3) is 1.00. The lowest BCUT2D eigenvalue weighted by Gasteiger charge is -2.17. The Labute approximate surface area is 45.7 Å². The molecule has 0 unspecified atom stereocenters. The average molecular weight is 108 g/mol. The summed E-state index contributed by atoms with van der Waals surface area (Å²) >= 11 is 0. The van der Waals surface area contributed by atoms with Crippen LogP contribution in [-0.2, 0) is 4.74 Å². The first kappa shape index (κ1) is 6.96. The Morgan fingerprint density at radius 3 is 1.71 bits per heavy atom. The molecule has 1 heteroatoms. The molecule has 0 aromatic carbocycles. The minimum atomic E-state index is 0.0503. The standard InChI is InChI=1S/C6H14O/c1-5-7-6(2,3)4/h5H2,1-4H3/i1+1,2+1,3+1,4+1,5+1,6+1. The van der Waals surface area contributed by atoms with Crippen LogP contribution in [0.15, 0.2) is 0 Å². The van der Waals surface area contributed by atoms with E-state index in [0.29, 0.717) is 0 Å². The third-order valence-corrected chi connectivity index (χ3v) is 0.577. The lowest BCUT2D eigenvalue weighted by atomic mass is 11.1. The summed E-state index contributed by atoms with van der Waals surface area (Å²) in [6.07, 6.45) is 0. The zero-order valence-electron chi connectivity index (χ0n) is 5.62. The van der Waals surface area contributed by atoms with E-state index >= 15 is 0 Å². The second-order valence-electron chi connectivity index (χ2n) is 2.55. The molecule has 0 aliphatic heterocycles. The van der Waals surface area contributed by atoms with Crippen molar-refractivity contribution in [2.24, 2.45) is 0 Å². The molecule has 0 atom stereocenters. The van der Waals surface area contributed by atoms with E-state index in [1.165, 1.54) is 0 Å². The Bertz CT molecular complexity index is 42.6. The van der Waals surface area contributed by atoms with Gasteiger partial charge in [-0.2, -0.15) is 0 Å². The molecule has 7 heavy (non-hydrogen) atoms. The lowest BCUT2D eigenvalue weighted by Crippen LogP contribution is -2.18. The second-order valence-corrected chi connectivity index (χ2v) is 2.55. The summed E-state index contributed by atoms with van der Waals surface area (Å²) in [5.74, 6) is 0. The van der Waals surface area contributed by atoms with Crippen molar-refractivity contribution in [3.05, 3.63) is 0 Å². The molecule has 0 bridgehead atoms. The summed E-state index contributed by atoms with van der Waals surface area (Å²) in [6.45, 7) is 8.97. The summed E-state index contributed by atoms with van der Waals surface area (Å²) in [5, 5.41) is 0. The first-order chi connectivity index (χ1) is 3.06. The molecule has 44 valence electrons. The van der Waals surface area contributed by atoms with E-state index in [1.54, 1.807) is 0 Å². The van der Waals surface area contributed by atoms with Gasteiger partial charge in [0.15, 0.2) is 0 Å². The smallest absolute Gasteiger partial charge is 0.0598 e. The third-order valence-electron chi connectivity index (χ3n) is 0.577. The van der Waals surface area contributed by atoms with Crippen LogP contribution < -0.4 is 0 Å². The van der Waals surface area contributed by atoms with Crippen molar-refractivity contribution < 1.29 is 4.74 Å². The molecule has 0 N–H and O–H groups in total. The third kappa shape index (κ3) is 5.96. The van der Waals surface area contributed by atoms with Crippen molar-refractivity contribution in [1.82, 2.24) is 0 Å². The van der Waals surface area contributed by atoms with Gasteiger partial charge in [-0.15, -0.1) is 0 Å². The first-order valence-corrected chi connectivity index (χ1v) is 2.70. The van der Waals surface area contributed by atoms with Crippen molar-refractivity contribution in [2.75, 3.05) is 6.61 Å².